The van der Waals surface area contributed by atoms with Crippen molar-refractivity contribution in [3.63, 3.8) is 0 Å². The van der Waals surface area contributed by atoms with Crippen molar-refractivity contribution in [2.24, 2.45) is 0 Å². The minimum Gasteiger partial charge on any atom is -0.490 e. The van der Waals surface area contributed by atoms with Crippen LogP contribution in [0, 0.1) is 0 Å². The Labute approximate surface area is 93.1 Å². The number of benzene rings is 1. The average Bonchev–Trinajstić information content (AvgIpc) is 2.29. The number of carbonyl (C=O) groups is 1. The molecule has 1 heterocycles. The molecule has 4 nitrogen and oxygen atoms in total. The predicted molar refractivity (Wildman–Crippen MR) is 58.7 cm³/mol. The normalized spacial score (nSPS) is 13.4. The van der Waals surface area contributed by atoms with Gasteiger partial charge in [-0.05, 0) is 19.1 Å². The number of ether oxygens (including phenoxy) is 2. The Balaban J connectivity index is 2.41. The summed E-state index contributed by atoms with van der Waals surface area (Å²) in [5.74, 6) is 0.322. The third-order valence-corrected chi connectivity index (χ3v) is 2.29. The van der Waals surface area contributed by atoms with E-state index in [9.17, 15) is 4.79 Å². The van der Waals surface area contributed by atoms with E-state index < -0.39 is 5.97 Å². The SMILES string of the molecule is CCOc1cccc2c1OCC(C(=O)O)=C2. The van der Waals surface area contributed by atoms with E-state index >= 15 is 0 Å². The topological polar surface area (TPSA) is 55.8 Å². The maximum absolute atomic E-state index is 10.8. The molecule has 0 aliphatic carbocycles. The van der Waals surface area contributed by atoms with Gasteiger partial charge < -0.3 is 14.6 Å². The molecule has 0 atom stereocenters. The summed E-state index contributed by atoms with van der Waals surface area (Å²) in [6, 6.07) is 5.43. The van der Waals surface area contributed by atoms with E-state index in [0.717, 1.165) is 5.56 Å². The number of aliphatic carboxylic acids is 1. The van der Waals surface area contributed by atoms with E-state index in [4.69, 9.17) is 14.6 Å². The third kappa shape index (κ3) is 1.86. The van der Waals surface area contributed by atoms with Crippen LogP contribution in [0.1, 0.15) is 12.5 Å². The number of hydrogen-bond donors (Lipinski definition) is 1. The monoisotopic (exact) mass is 220 g/mol. The van der Waals surface area contributed by atoms with E-state index in [1.165, 1.54) is 0 Å². The summed E-state index contributed by atoms with van der Waals surface area (Å²) in [6.07, 6.45) is 1.61. The number of para-hydroxylation sites is 1. The van der Waals surface area contributed by atoms with Crippen LogP contribution in [0.25, 0.3) is 6.08 Å². The lowest BCUT2D eigenvalue weighted by Crippen LogP contribution is -2.14. The molecule has 0 aromatic heterocycles. The minimum atomic E-state index is -0.951. The Bertz CT molecular complexity index is 448. The van der Waals surface area contributed by atoms with Gasteiger partial charge in [0, 0.05) is 5.56 Å². The number of rotatable bonds is 3. The first-order valence-electron chi connectivity index (χ1n) is 5.05. The van der Waals surface area contributed by atoms with Crippen molar-refractivity contribution >= 4 is 12.0 Å². The predicted octanol–water partition coefficient (Wildman–Crippen LogP) is 1.95. The molecule has 0 spiro atoms. The zero-order valence-electron chi connectivity index (χ0n) is 8.90. The van der Waals surface area contributed by atoms with E-state index in [2.05, 4.69) is 0 Å². The van der Waals surface area contributed by atoms with Gasteiger partial charge >= 0.3 is 5.97 Å². The second kappa shape index (κ2) is 4.26. The average molecular weight is 220 g/mol. The molecule has 84 valence electrons. The van der Waals surface area contributed by atoms with E-state index in [1.807, 2.05) is 19.1 Å². The van der Waals surface area contributed by atoms with Gasteiger partial charge in [0.1, 0.15) is 6.61 Å². The first-order valence-corrected chi connectivity index (χ1v) is 5.05. The number of carboxylic acids is 1. The summed E-state index contributed by atoms with van der Waals surface area (Å²) in [5.41, 5.74) is 0.996. The minimum absolute atomic E-state index is 0.0758. The molecule has 0 amide bonds. The lowest BCUT2D eigenvalue weighted by molar-refractivity contribution is -0.132. The Morgan fingerprint density at radius 2 is 2.38 bits per heavy atom. The van der Waals surface area contributed by atoms with E-state index in [-0.39, 0.29) is 12.2 Å². The molecule has 1 N–H and O–H groups in total. The molecular formula is C12H12O4. The molecule has 0 unspecified atom stereocenters. The van der Waals surface area contributed by atoms with Crippen LogP contribution in [0.2, 0.25) is 0 Å². The summed E-state index contributed by atoms with van der Waals surface area (Å²) in [4.78, 5) is 10.8. The first kappa shape index (κ1) is 10.5. The highest BCUT2D eigenvalue weighted by Crippen LogP contribution is 2.35. The molecule has 1 aliphatic heterocycles. The van der Waals surface area contributed by atoms with E-state index in [0.29, 0.717) is 18.1 Å². The third-order valence-electron chi connectivity index (χ3n) is 2.29. The van der Waals surface area contributed by atoms with Crippen LogP contribution in [0.5, 0.6) is 11.5 Å². The molecule has 0 saturated carbocycles. The maximum Gasteiger partial charge on any atom is 0.335 e. The fourth-order valence-electron chi connectivity index (χ4n) is 1.57. The molecular weight excluding hydrogens is 208 g/mol. The summed E-state index contributed by atoms with van der Waals surface area (Å²) >= 11 is 0. The summed E-state index contributed by atoms with van der Waals surface area (Å²) < 4.78 is 10.8. The maximum atomic E-state index is 10.8. The lowest BCUT2D eigenvalue weighted by Gasteiger charge is -2.18. The van der Waals surface area contributed by atoms with Gasteiger partial charge in [-0.15, -0.1) is 0 Å². The van der Waals surface area contributed by atoms with Gasteiger partial charge in [0.05, 0.1) is 12.2 Å². The van der Waals surface area contributed by atoms with Crippen molar-refractivity contribution in [1.82, 2.24) is 0 Å². The summed E-state index contributed by atoms with van der Waals surface area (Å²) in [7, 11) is 0. The lowest BCUT2D eigenvalue weighted by atomic mass is 10.1. The molecule has 0 saturated heterocycles. The van der Waals surface area contributed by atoms with Crippen LogP contribution in [-0.2, 0) is 4.79 Å². The molecule has 2 rings (SSSR count). The highest BCUT2D eigenvalue weighted by molar-refractivity contribution is 5.94. The Hall–Kier alpha value is -1.97. The van der Waals surface area contributed by atoms with Crippen molar-refractivity contribution in [1.29, 1.82) is 0 Å². The van der Waals surface area contributed by atoms with Crippen LogP contribution in [0.3, 0.4) is 0 Å². The molecule has 0 bridgehead atoms. The van der Waals surface area contributed by atoms with Gasteiger partial charge in [-0.3, -0.25) is 0 Å². The zero-order chi connectivity index (χ0) is 11.5. The van der Waals surface area contributed by atoms with Crippen molar-refractivity contribution in [3.8, 4) is 11.5 Å². The fraction of sp³-hybridized carbons (Fsp3) is 0.250. The Morgan fingerprint density at radius 3 is 3.06 bits per heavy atom. The standard InChI is InChI=1S/C12H12O4/c1-2-15-10-5-3-4-8-6-9(12(13)14)7-16-11(8)10/h3-6H,2,7H2,1H3,(H,13,14). The molecule has 0 fully saturated rings. The molecule has 4 heteroatoms. The van der Waals surface area contributed by atoms with E-state index in [1.54, 1.807) is 12.1 Å². The van der Waals surface area contributed by atoms with Gasteiger partial charge in [0.15, 0.2) is 11.5 Å². The van der Waals surface area contributed by atoms with Crippen molar-refractivity contribution in [2.45, 2.75) is 6.92 Å². The number of fused-ring (bicyclic) bond motifs is 1. The Morgan fingerprint density at radius 1 is 1.56 bits per heavy atom. The largest absolute Gasteiger partial charge is 0.490 e. The van der Waals surface area contributed by atoms with Gasteiger partial charge in [-0.2, -0.15) is 0 Å². The fourth-order valence-corrected chi connectivity index (χ4v) is 1.57. The summed E-state index contributed by atoms with van der Waals surface area (Å²) in [6.45, 7) is 2.52. The first-order chi connectivity index (χ1) is 7.72. The van der Waals surface area contributed by atoms with Gasteiger partial charge in [0.2, 0.25) is 0 Å². The molecule has 16 heavy (non-hydrogen) atoms. The highest BCUT2D eigenvalue weighted by Gasteiger charge is 2.19. The van der Waals surface area contributed by atoms with Crippen molar-refractivity contribution in [2.75, 3.05) is 13.2 Å². The van der Waals surface area contributed by atoms with Crippen LogP contribution >= 0.6 is 0 Å². The highest BCUT2D eigenvalue weighted by atomic mass is 16.5. The van der Waals surface area contributed by atoms with Crippen LogP contribution < -0.4 is 9.47 Å². The van der Waals surface area contributed by atoms with Gasteiger partial charge in [-0.1, -0.05) is 12.1 Å². The molecule has 1 aromatic rings. The molecule has 1 aliphatic rings. The quantitative estimate of drug-likeness (QED) is 0.845. The van der Waals surface area contributed by atoms with Crippen LogP contribution in [-0.4, -0.2) is 24.3 Å². The molecule has 1 aromatic carbocycles. The molecule has 0 radical (unpaired) electrons. The van der Waals surface area contributed by atoms with Crippen molar-refractivity contribution in [3.05, 3.63) is 29.3 Å². The second-order valence-corrected chi connectivity index (χ2v) is 3.37. The summed E-state index contributed by atoms with van der Waals surface area (Å²) in [5, 5.41) is 8.86. The van der Waals surface area contributed by atoms with Gasteiger partial charge in [-0.25, -0.2) is 4.79 Å². The zero-order valence-corrected chi connectivity index (χ0v) is 8.90. The smallest absolute Gasteiger partial charge is 0.335 e. The van der Waals surface area contributed by atoms with Crippen molar-refractivity contribution < 1.29 is 19.4 Å². The number of carboxylic acid groups (broad SMARTS) is 1. The van der Waals surface area contributed by atoms with Crippen LogP contribution in [0.15, 0.2) is 23.8 Å². The second-order valence-electron chi connectivity index (χ2n) is 3.37. The van der Waals surface area contributed by atoms with Crippen LogP contribution in [0.4, 0.5) is 0 Å². The Kier molecular flexibility index (Phi) is 2.81. The van der Waals surface area contributed by atoms with Gasteiger partial charge in [0.25, 0.3) is 0 Å². The number of hydrogen-bond acceptors (Lipinski definition) is 3.